The Morgan fingerprint density at radius 1 is 1.23 bits per heavy atom. The maximum absolute atomic E-state index is 14.4. The Labute approximate surface area is 152 Å². The smallest absolute Gasteiger partial charge is 0.161 e. The van der Waals surface area contributed by atoms with Crippen LogP contribution < -0.4 is 10.6 Å². The first-order chi connectivity index (χ1) is 12.4. The topological polar surface area (TPSA) is 64.9 Å². The molecule has 0 saturated carbocycles. The van der Waals surface area contributed by atoms with Gasteiger partial charge in [0.1, 0.15) is 17.9 Å². The summed E-state index contributed by atoms with van der Waals surface area (Å²) in [5.41, 5.74) is 2.51. The largest absolute Gasteiger partial charge is 0.369 e. The number of nitriles is 1. The first-order valence-corrected chi connectivity index (χ1v) is 9.00. The van der Waals surface area contributed by atoms with Crippen LogP contribution in [0.4, 0.5) is 4.39 Å². The quantitative estimate of drug-likeness (QED) is 0.813. The van der Waals surface area contributed by atoms with Gasteiger partial charge in [0.25, 0.3) is 0 Å². The number of hydrogen-bond acceptors (Lipinski definition) is 4. The molecule has 1 aromatic carbocycles. The minimum Gasteiger partial charge on any atom is -0.369 e. The van der Waals surface area contributed by atoms with Crippen LogP contribution in [-0.2, 0) is 4.79 Å². The molecule has 2 N–H and O–H groups in total. The number of Topliss-reactive ketones (excluding diaryl/α,β-unsaturated/α-hetero) is 1. The second kappa shape index (κ2) is 5.98. The summed E-state index contributed by atoms with van der Waals surface area (Å²) in [5, 5.41) is 16.1. The molecule has 26 heavy (non-hydrogen) atoms. The fourth-order valence-corrected chi connectivity index (χ4v) is 4.67. The van der Waals surface area contributed by atoms with Crippen LogP contribution in [-0.4, -0.2) is 11.9 Å². The summed E-state index contributed by atoms with van der Waals surface area (Å²) in [6, 6.07) is 11.8. The van der Waals surface area contributed by atoms with E-state index in [-0.39, 0.29) is 29.2 Å². The molecular weight excluding hydrogens is 329 g/mol. The molecule has 4 rings (SSSR count). The van der Waals surface area contributed by atoms with Crippen LogP contribution in [0.5, 0.6) is 0 Å². The minimum atomic E-state index is -0.879. The molecule has 2 aliphatic heterocycles. The van der Waals surface area contributed by atoms with Gasteiger partial charge in [-0.1, -0.05) is 44.2 Å². The van der Waals surface area contributed by atoms with Gasteiger partial charge < -0.3 is 10.6 Å². The summed E-state index contributed by atoms with van der Waals surface area (Å²) in [7, 11) is 0. The summed E-state index contributed by atoms with van der Waals surface area (Å²) >= 11 is 0. The van der Waals surface area contributed by atoms with Gasteiger partial charge in [0.15, 0.2) is 5.78 Å². The molecule has 2 heterocycles. The van der Waals surface area contributed by atoms with Crippen LogP contribution in [0.25, 0.3) is 0 Å². The number of rotatable bonds is 1. The Bertz CT molecular complexity index is 850. The van der Waals surface area contributed by atoms with Crippen LogP contribution in [0.15, 0.2) is 53.6 Å². The Kier molecular flexibility index (Phi) is 3.87. The number of nitrogens with one attached hydrogen (secondary N) is 2. The van der Waals surface area contributed by atoms with Crippen molar-refractivity contribution in [2.75, 3.05) is 0 Å². The molecule has 4 unspecified atom stereocenters. The molecule has 0 bridgehead atoms. The summed E-state index contributed by atoms with van der Waals surface area (Å²) < 4.78 is 14.4. The van der Waals surface area contributed by atoms with E-state index >= 15 is 0 Å². The lowest BCUT2D eigenvalue weighted by Crippen LogP contribution is -2.57. The van der Waals surface area contributed by atoms with E-state index in [1.165, 1.54) is 6.20 Å². The number of allylic oxidation sites excluding steroid dienone is 3. The van der Waals surface area contributed by atoms with Gasteiger partial charge in [0.2, 0.25) is 0 Å². The zero-order valence-corrected chi connectivity index (χ0v) is 14.9. The molecular formula is C21H22FN3O. The fourth-order valence-electron chi connectivity index (χ4n) is 4.67. The predicted molar refractivity (Wildman–Crippen MR) is 96.1 cm³/mol. The number of carbonyl (C=O) groups is 1. The number of hydrogen-bond donors (Lipinski definition) is 2. The van der Waals surface area contributed by atoms with Gasteiger partial charge in [0.05, 0.1) is 6.07 Å². The molecule has 3 aliphatic rings. The standard InChI is InChI=1S/C21H22FN3O/c1-21(2)8-15-19(16(26)9-21)17(12-6-4-3-5-7-12)18-13(10-23)14(22)11-24-20(18)25-15/h3-7,11,13,17-18,20,24-25H,8-9H2,1-2H3. The minimum absolute atomic E-state index is 0.0997. The first kappa shape index (κ1) is 16.8. The zero-order valence-electron chi connectivity index (χ0n) is 14.9. The summed E-state index contributed by atoms with van der Waals surface area (Å²) in [5.74, 6) is -1.92. The third-order valence-electron chi connectivity index (χ3n) is 5.71. The summed E-state index contributed by atoms with van der Waals surface area (Å²) in [6.45, 7) is 4.18. The molecule has 0 spiro atoms. The number of benzene rings is 1. The molecule has 134 valence electrons. The highest BCUT2D eigenvalue weighted by Gasteiger charge is 2.50. The van der Waals surface area contributed by atoms with Crippen LogP contribution in [0.3, 0.4) is 0 Å². The number of nitrogens with zero attached hydrogens (tertiary/aromatic N) is 1. The second-order valence-electron chi connectivity index (χ2n) is 8.22. The second-order valence-corrected chi connectivity index (χ2v) is 8.22. The van der Waals surface area contributed by atoms with Gasteiger partial charge in [-0.3, -0.25) is 4.79 Å². The van der Waals surface area contributed by atoms with Crippen LogP contribution in [0.2, 0.25) is 0 Å². The van der Waals surface area contributed by atoms with Crippen molar-refractivity contribution in [3.63, 3.8) is 0 Å². The van der Waals surface area contributed by atoms with E-state index in [0.717, 1.165) is 23.3 Å². The van der Waals surface area contributed by atoms with E-state index in [9.17, 15) is 14.4 Å². The average molecular weight is 351 g/mol. The van der Waals surface area contributed by atoms with Crippen LogP contribution >= 0.6 is 0 Å². The van der Waals surface area contributed by atoms with E-state index in [4.69, 9.17) is 0 Å². The number of fused-ring (bicyclic) bond motifs is 1. The lowest BCUT2D eigenvalue weighted by Gasteiger charge is -2.48. The molecule has 5 heteroatoms. The van der Waals surface area contributed by atoms with E-state index < -0.39 is 11.7 Å². The van der Waals surface area contributed by atoms with Crippen molar-refractivity contribution in [1.29, 1.82) is 5.26 Å². The normalized spacial score (nSPS) is 32.4. The number of carbonyl (C=O) groups excluding carboxylic acids is 1. The Balaban J connectivity index is 1.89. The SMILES string of the molecule is CC1(C)CC(=O)C2=C(C1)NC1NC=C(F)C(C#N)C1C2c1ccccc1. The van der Waals surface area contributed by atoms with Crippen molar-refractivity contribution in [2.45, 2.75) is 38.8 Å². The lowest BCUT2D eigenvalue weighted by molar-refractivity contribution is -0.119. The van der Waals surface area contributed by atoms with Gasteiger partial charge in [-0.15, -0.1) is 0 Å². The highest BCUT2D eigenvalue weighted by Crippen LogP contribution is 2.50. The summed E-state index contributed by atoms with van der Waals surface area (Å²) in [6.07, 6.45) is 2.25. The molecule has 0 fully saturated rings. The molecule has 1 aliphatic carbocycles. The van der Waals surface area contributed by atoms with Gasteiger partial charge in [0, 0.05) is 35.7 Å². The van der Waals surface area contributed by atoms with E-state index in [2.05, 4.69) is 30.6 Å². The average Bonchev–Trinajstić information content (AvgIpc) is 2.60. The van der Waals surface area contributed by atoms with Crippen molar-refractivity contribution < 1.29 is 9.18 Å². The molecule has 0 aromatic heterocycles. The summed E-state index contributed by atoms with van der Waals surface area (Å²) in [4.78, 5) is 13.1. The lowest BCUT2D eigenvalue weighted by atomic mass is 9.63. The molecule has 0 amide bonds. The van der Waals surface area contributed by atoms with Crippen LogP contribution in [0, 0.1) is 28.6 Å². The van der Waals surface area contributed by atoms with Crippen molar-refractivity contribution in [3.05, 3.63) is 59.2 Å². The van der Waals surface area contributed by atoms with E-state index in [0.29, 0.717) is 6.42 Å². The molecule has 4 nitrogen and oxygen atoms in total. The van der Waals surface area contributed by atoms with Gasteiger partial charge in [-0.2, -0.15) is 5.26 Å². The van der Waals surface area contributed by atoms with Gasteiger partial charge in [-0.05, 0) is 17.4 Å². The van der Waals surface area contributed by atoms with Crippen LogP contribution in [0.1, 0.15) is 38.2 Å². The van der Waals surface area contributed by atoms with Gasteiger partial charge >= 0.3 is 0 Å². The van der Waals surface area contributed by atoms with Gasteiger partial charge in [-0.25, -0.2) is 4.39 Å². The van der Waals surface area contributed by atoms with E-state index in [1.54, 1.807) is 0 Å². The van der Waals surface area contributed by atoms with Crippen molar-refractivity contribution in [1.82, 2.24) is 10.6 Å². The number of halogens is 1. The monoisotopic (exact) mass is 351 g/mol. The predicted octanol–water partition coefficient (Wildman–Crippen LogP) is 3.51. The van der Waals surface area contributed by atoms with Crippen molar-refractivity contribution >= 4 is 5.78 Å². The molecule has 1 aromatic rings. The van der Waals surface area contributed by atoms with Crippen molar-refractivity contribution in [3.8, 4) is 6.07 Å². The Morgan fingerprint density at radius 2 is 1.96 bits per heavy atom. The van der Waals surface area contributed by atoms with E-state index in [1.807, 2.05) is 30.3 Å². The maximum atomic E-state index is 14.4. The third kappa shape index (κ3) is 2.61. The Morgan fingerprint density at radius 3 is 2.65 bits per heavy atom. The molecule has 0 saturated heterocycles. The molecule has 4 atom stereocenters. The first-order valence-electron chi connectivity index (χ1n) is 9.00. The fraction of sp³-hybridized carbons (Fsp3) is 0.429. The number of ketones is 1. The zero-order chi connectivity index (χ0) is 18.5. The Hall–Kier alpha value is -2.61. The maximum Gasteiger partial charge on any atom is 0.161 e. The molecule has 0 radical (unpaired) electrons. The highest BCUT2D eigenvalue weighted by molar-refractivity contribution is 5.99. The third-order valence-corrected chi connectivity index (χ3v) is 5.71. The van der Waals surface area contributed by atoms with Crippen molar-refractivity contribution in [2.24, 2.45) is 17.3 Å². The highest BCUT2D eigenvalue weighted by atomic mass is 19.1.